The van der Waals surface area contributed by atoms with Gasteiger partial charge in [-0.2, -0.15) is 0 Å². The Balaban J connectivity index is 1.72. The number of imide groups is 1. The summed E-state index contributed by atoms with van der Waals surface area (Å²) in [5.74, 6) is -1.11. The first-order valence-corrected chi connectivity index (χ1v) is 11.4. The first kappa shape index (κ1) is 25.8. The zero-order valence-electron chi connectivity index (χ0n) is 19.3. The van der Waals surface area contributed by atoms with E-state index in [0.717, 1.165) is 10.5 Å². The predicted molar refractivity (Wildman–Crippen MR) is 131 cm³/mol. The summed E-state index contributed by atoms with van der Waals surface area (Å²) in [5.41, 5.74) is 2.10. The van der Waals surface area contributed by atoms with Crippen molar-refractivity contribution in [3.63, 3.8) is 0 Å². The number of halogens is 1. The van der Waals surface area contributed by atoms with Crippen LogP contribution in [-0.4, -0.2) is 55.6 Å². The highest BCUT2D eigenvalue weighted by Crippen LogP contribution is 2.37. The first-order chi connectivity index (χ1) is 16.7. The lowest BCUT2D eigenvalue weighted by Gasteiger charge is -2.13. The molecule has 0 radical (unpaired) electrons. The second kappa shape index (κ2) is 11.5. The van der Waals surface area contributed by atoms with E-state index in [1.807, 2.05) is 19.1 Å². The number of carbonyl (C=O) groups excluding carboxylic acids is 4. The van der Waals surface area contributed by atoms with E-state index in [1.54, 1.807) is 31.2 Å². The molecule has 0 spiro atoms. The summed E-state index contributed by atoms with van der Waals surface area (Å²) in [4.78, 5) is 49.9. The summed E-state index contributed by atoms with van der Waals surface area (Å²) >= 11 is 3.36. The highest BCUT2D eigenvalue weighted by molar-refractivity contribution is 9.10. The fraction of sp³-hybridized carbons (Fsp3) is 0.250. The van der Waals surface area contributed by atoms with Gasteiger partial charge in [0.15, 0.2) is 18.1 Å². The van der Waals surface area contributed by atoms with E-state index in [-0.39, 0.29) is 24.7 Å². The van der Waals surface area contributed by atoms with Crippen LogP contribution in [0.15, 0.2) is 46.6 Å². The molecule has 184 valence electrons. The van der Waals surface area contributed by atoms with Crippen molar-refractivity contribution in [3.05, 3.63) is 57.7 Å². The number of amides is 4. The van der Waals surface area contributed by atoms with Gasteiger partial charge in [-0.15, -0.1) is 0 Å². The van der Waals surface area contributed by atoms with Crippen molar-refractivity contribution in [2.45, 2.75) is 13.8 Å². The molecule has 35 heavy (non-hydrogen) atoms. The highest BCUT2D eigenvalue weighted by Gasteiger charge is 2.35. The lowest BCUT2D eigenvalue weighted by molar-refractivity contribution is -0.145. The number of urea groups is 1. The second-order valence-electron chi connectivity index (χ2n) is 7.42. The molecular weight excluding hydrogens is 522 g/mol. The van der Waals surface area contributed by atoms with Gasteiger partial charge in [0.1, 0.15) is 12.2 Å². The third-order valence-electron chi connectivity index (χ3n) is 4.80. The van der Waals surface area contributed by atoms with Crippen molar-refractivity contribution in [1.29, 1.82) is 0 Å². The summed E-state index contributed by atoms with van der Waals surface area (Å²) in [6, 6.07) is 9.63. The van der Waals surface area contributed by atoms with Gasteiger partial charge >= 0.3 is 12.0 Å². The van der Waals surface area contributed by atoms with E-state index < -0.39 is 30.4 Å². The van der Waals surface area contributed by atoms with Crippen LogP contribution >= 0.6 is 15.9 Å². The molecule has 0 saturated carbocycles. The maximum Gasteiger partial charge on any atom is 0.344 e. The number of ether oxygens (including phenoxy) is 3. The highest BCUT2D eigenvalue weighted by atomic mass is 79.9. The zero-order valence-corrected chi connectivity index (χ0v) is 20.9. The van der Waals surface area contributed by atoms with Crippen LogP contribution in [0.3, 0.4) is 0 Å². The van der Waals surface area contributed by atoms with Crippen LogP contribution in [-0.2, 0) is 19.1 Å². The number of hydrogen-bond acceptors (Lipinski definition) is 7. The van der Waals surface area contributed by atoms with Gasteiger partial charge in [0, 0.05) is 5.69 Å². The Morgan fingerprint density at radius 2 is 1.89 bits per heavy atom. The maximum atomic E-state index is 12.8. The Labute approximate surface area is 210 Å². The number of esters is 1. The number of anilines is 1. The molecule has 3 rings (SSSR count). The second-order valence-corrected chi connectivity index (χ2v) is 8.28. The van der Waals surface area contributed by atoms with Gasteiger partial charge in [0.25, 0.3) is 5.91 Å². The van der Waals surface area contributed by atoms with Crippen LogP contribution in [0.5, 0.6) is 11.5 Å². The summed E-state index contributed by atoms with van der Waals surface area (Å²) in [6.07, 6.45) is 1.44. The lowest BCUT2D eigenvalue weighted by Crippen LogP contribution is -2.38. The first-order valence-electron chi connectivity index (χ1n) is 10.6. The Morgan fingerprint density at radius 1 is 1.17 bits per heavy atom. The Hall–Kier alpha value is -3.86. The molecular formula is C24H24BrN3O7. The summed E-state index contributed by atoms with van der Waals surface area (Å²) < 4.78 is 16.1. The van der Waals surface area contributed by atoms with Gasteiger partial charge in [-0.25, -0.2) is 14.5 Å². The molecule has 1 aliphatic rings. The van der Waals surface area contributed by atoms with Crippen LogP contribution in [0.25, 0.3) is 6.08 Å². The Bertz CT molecular complexity index is 1180. The molecule has 0 bridgehead atoms. The fourth-order valence-electron chi connectivity index (χ4n) is 3.16. The van der Waals surface area contributed by atoms with Crippen LogP contribution in [0.1, 0.15) is 18.1 Å². The number of hydrogen-bond donors (Lipinski definition) is 2. The minimum Gasteiger partial charge on any atom is -0.493 e. The van der Waals surface area contributed by atoms with Gasteiger partial charge in [-0.05, 0) is 65.7 Å². The van der Waals surface area contributed by atoms with Gasteiger partial charge in [0.2, 0.25) is 5.91 Å². The van der Waals surface area contributed by atoms with E-state index >= 15 is 0 Å². The molecule has 2 N–H and O–H groups in total. The SMILES string of the molecule is CCOC(=O)COc1c(Br)cc(/C=C2/NC(=O)N(CC(=O)Nc3ccc(C)cc3)C2=O)cc1OC. The van der Waals surface area contributed by atoms with Crippen LogP contribution in [0.2, 0.25) is 0 Å². The third kappa shape index (κ3) is 6.60. The monoisotopic (exact) mass is 545 g/mol. The van der Waals surface area contributed by atoms with E-state index in [2.05, 4.69) is 26.6 Å². The topological polar surface area (TPSA) is 123 Å². The molecule has 1 fully saturated rings. The average Bonchev–Trinajstić information content (AvgIpc) is 3.07. The van der Waals surface area contributed by atoms with Crippen molar-refractivity contribution >= 4 is 51.5 Å². The normalized spacial score (nSPS) is 14.1. The number of nitrogens with one attached hydrogen (secondary N) is 2. The molecule has 0 aromatic heterocycles. The molecule has 0 unspecified atom stereocenters. The number of nitrogens with zero attached hydrogens (tertiary/aromatic N) is 1. The van der Waals surface area contributed by atoms with Crippen molar-refractivity contribution in [2.24, 2.45) is 0 Å². The van der Waals surface area contributed by atoms with Gasteiger partial charge in [-0.3, -0.25) is 9.59 Å². The zero-order chi connectivity index (χ0) is 25.5. The molecule has 4 amide bonds. The van der Waals surface area contributed by atoms with E-state index in [9.17, 15) is 19.2 Å². The van der Waals surface area contributed by atoms with Gasteiger partial charge in [-0.1, -0.05) is 17.7 Å². The number of rotatable bonds is 9. The smallest absolute Gasteiger partial charge is 0.344 e. The Kier molecular flexibility index (Phi) is 8.48. The fourth-order valence-corrected chi connectivity index (χ4v) is 3.73. The molecule has 0 aliphatic carbocycles. The standard InChI is InChI=1S/C24H24BrN3O7/c1-4-34-21(30)13-35-22-17(25)9-15(11-19(22)33-3)10-18-23(31)28(24(32)27-18)12-20(29)26-16-7-5-14(2)6-8-16/h5-11H,4,12-13H2,1-3H3,(H,26,29)(H,27,32)/b18-10+. The molecule has 2 aromatic rings. The minimum atomic E-state index is -0.708. The van der Waals surface area contributed by atoms with Gasteiger partial charge in [0.05, 0.1) is 18.2 Å². The number of carbonyl (C=O) groups is 4. The van der Waals surface area contributed by atoms with Crippen molar-refractivity contribution < 1.29 is 33.4 Å². The quantitative estimate of drug-likeness (QED) is 0.281. The van der Waals surface area contributed by atoms with Crippen molar-refractivity contribution in [1.82, 2.24) is 10.2 Å². The number of methoxy groups -OCH3 is 1. The molecule has 2 aromatic carbocycles. The number of aryl methyl sites for hydroxylation is 1. The minimum absolute atomic E-state index is 0.00715. The van der Waals surface area contributed by atoms with Crippen molar-refractivity contribution in [2.75, 3.05) is 32.2 Å². The average molecular weight is 546 g/mol. The molecule has 11 heteroatoms. The molecule has 1 saturated heterocycles. The molecule has 1 aliphatic heterocycles. The molecule has 0 atom stereocenters. The van der Waals surface area contributed by atoms with Crippen LogP contribution in [0.4, 0.5) is 10.5 Å². The van der Waals surface area contributed by atoms with Crippen molar-refractivity contribution in [3.8, 4) is 11.5 Å². The van der Waals surface area contributed by atoms with E-state index in [0.29, 0.717) is 21.5 Å². The van der Waals surface area contributed by atoms with Crippen LogP contribution < -0.4 is 20.1 Å². The van der Waals surface area contributed by atoms with Gasteiger partial charge < -0.3 is 24.8 Å². The number of benzene rings is 2. The summed E-state index contributed by atoms with van der Waals surface area (Å²) in [6.45, 7) is 3.10. The third-order valence-corrected chi connectivity index (χ3v) is 5.39. The van der Waals surface area contributed by atoms with E-state index in [1.165, 1.54) is 13.2 Å². The largest absolute Gasteiger partial charge is 0.493 e. The van der Waals surface area contributed by atoms with Crippen LogP contribution in [0, 0.1) is 6.92 Å². The molecule has 10 nitrogen and oxygen atoms in total. The van der Waals surface area contributed by atoms with E-state index in [4.69, 9.17) is 14.2 Å². The lowest BCUT2D eigenvalue weighted by atomic mass is 10.1. The summed E-state index contributed by atoms with van der Waals surface area (Å²) in [5, 5.41) is 5.13. The maximum absolute atomic E-state index is 12.8. The summed E-state index contributed by atoms with van der Waals surface area (Å²) in [7, 11) is 1.42. The predicted octanol–water partition coefficient (Wildman–Crippen LogP) is 3.24. The Morgan fingerprint density at radius 3 is 2.54 bits per heavy atom. The molecule has 1 heterocycles.